The fourth-order valence-electron chi connectivity index (χ4n) is 3.17. The summed E-state index contributed by atoms with van der Waals surface area (Å²) < 4.78 is 5.34. The minimum atomic E-state index is -0.215. The van der Waals surface area contributed by atoms with Crippen molar-refractivity contribution >= 4 is 0 Å². The number of nitrogens with zero attached hydrogens (tertiary/aromatic N) is 2. The lowest BCUT2D eigenvalue weighted by atomic mass is 9.69. The van der Waals surface area contributed by atoms with Crippen LogP contribution in [0.15, 0.2) is 34.9 Å². The number of rotatable bonds is 3. The highest BCUT2D eigenvalue weighted by atomic mass is 16.5. The maximum absolute atomic E-state index is 5.84. The molecule has 4 heteroatoms. The summed E-state index contributed by atoms with van der Waals surface area (Å²) in [7, 11) is 0. The maximum Gasteiger partial charge on any atom is 0.243 e. The highest BCUT2D eigenvalue weighted by molar-refractivity contribution is 5.33. The van der Waals surface area contributed by atoms with Crippen molar-refractivity contribution < 1.29 is 4.52 Å². The predicted octanol–water partition coefficient (Wildman–Crippen LogP) is 3.34. The smallest absolute Gasteiger partial charge is 0.243 e. The average molecular weight is 271 g/mol. The van der Waals surface area contributed by atoms with Gasteiger partial charge in [-0.1, -0.05) is 54.8 Å². The van der Waals surface area contributed by atoms with Gasteiger partial charge in [0.05, 0.1) is 11.5 Å². The van der Waals surface area contributed by atoms with Gasteiger partial charge in [-0.3, -0.25) is 0 Å². The van der Waals surface area contributed by atoms with Gasteiger partial charge in [0.1, 0.15) is 0 Å². The summed E-state index contributed by atoms with van der Waals surface area (Å²) >= 11 is 0. The number of nitrogens with two attached hydrogens (primary N) is 1. The van der Waals surface area contributed by atoms with E-state index in [0.29, 0.717) is 5.89 Å². The van der Waals surface area contributed by atoms with Crippen molar-refractivity contribution in [2.24, 2.45) is 5.73 Å². The molecule has 1 aromatic heterocycles. The Balaban J connectivity index is 2.05. The van der Waals surface area contributed by atoms with Crippen LogP contribution in [0, 0.1) is 0 Å². The van der Waals surface area contributed by atoms with Gasteiger partial charge >= 0.3 is 0 Å². The fraction of sp³-hybridized carbons (Fsp3) is 0.500. The van der Waals surface area contributed by atoms with Crippen molar-refractivity contribution in [1.29, 1.82) is 0 Å². The quantitative estimate of drug-likeness (QED) is 0.929. The van der Waals surface area contributed by atoms with Gasteiger partial charge in [0.25, 0.3) is 0 Å². The van der Waals surface area contributed by atoms with E-state index in [1.165, 1.54) is 24.8 Å². The van der Waals surface area contributed by atoms with Crippen LogP contribution in [0.3, 0.4) is 0 Å². The molecule has 1 fully saturated rings. The van der Waals surface area contributed by atoms with Crippen LogP contribution >= 0.6 is 0 Å². The number of benzene rings is 1. The molecule has 1 heterocycles. The molecular weight excluding hydrogens is 250 g/mol. The summed E-state index contributed by atoms with van der Waals surface area (Å²) in [5.41, 5.74) is 7.03. The van der Waals surface area contributed by atoms with Gasteiger partial charge in [0, 0.05) is 0 Å². The summed E-state index contributed by atoms with van der Waals surface area (Å²) in [6.07, 6.45) is 5.85. The summed E-state index contributed by atoms with van der Waals surface area (Å²) in [4.78, 5) is 4.58. The van der Waals surface area contributed by atoms with E-state index in [1.807, 2.05) is 13.0 Å². The Morgan fingerprint density at radius 3 is 2.45 bits per heavy atom. The zero-order valence-corrected chi connectivity index (χ0v) is 11.9. The Hall–Kier alpha value is -1.68. The van der Waals surface area contributed by atoms with Crippen LogP contribution in [0.25, 0.3) is 0 Å². The van der Waals surface area contributed by atoms with Crippen LogP contribution in [-0.4, -0.2) is 10.1 Å². The molecule has 1 atom stereocenters. The average Bonchev–Trinajstić information content (AvgIpc) is 2.99. The Kier molecular flexibility index (Phi) is 3.57. The molecule has 1 aromatic carbocycles. The maximum atomic E-state index is 5.84. The van der Waals surface area contributed by atoms with E-state index in [9.17, 15) is 0 Å². The molecule has 3 rings (SSSR count). The van der Waals surface area contributed by atoms with Gasteiger partial charge in [-0.15, -0.1) is 0 Å². The van der Waals surface area contributed by atoms with E-state index in [-0.39, 0.29) is 11.5 Å². The minimum absolute atomic E-state index is 0.101. The lowest BCUT2D eigenvalue weighted by molar-refractivity contribution is 0.306. The molecule has 20 heavy (non-hydrogen) atoms. The summed E-state index contributed by atoms with van der Waals surface area (Å²) in [5, 5.41) is 4.24. The third kappa shape index (κ3) is 2.24. The Morgan fingerprint density at radius 1 is 1.15 bits per heavy atom. The van der Waals surface area contributed by atoms with Gasteiger partial charge < -0.3 is 10.3 Å². The highest BCUT2D eigenvalue weighted by Gasteiger charge is 2.40. The summed E-state index contributed by atoms with van der Waals surface area (Å²) in [5.74, 6) is 1.33. The molecule has 2 N–H and O–H groups in total. The van der Waals surface area contributed by atoms with Crippen LogP contribution in [0.4, 0.5) is 0 Å². The van der Waals surface area contributed by atoms with E-state index >= 15 is 0 Å². The largest absolute Gasteiger partial charge is 0.338 e. The SMILES string of the molecule is C[C@@H](N)c1nc(C2(c3ccccc3)CCCCC2)no1. The minimum Gasteiger partial charge on any atom is -0.338 e. The van der Waals surface area contributed by atoms with E-state index < -0.39 is 0 Å². The van der Waals surface area contributed by atoms with Crippen LogP contribution in [0.2, 0.25) is 0 Å². The van der Waals surface area contributed by atoms with Crippen LogP contribution in [0.5, 0.6) is 0 Å². The first-order valence-corrected chi connectivity index (χ1v) is 7.37. The zero-order valence-electron chi connectivity index (χ0n) is 11.9. The monoisotopic (exact) mass is 271 g/mol. The normalized spacial score (nSPS) is 19.7. The Bertz CT molecular complexity index is 556. The molecule has 1 saturated carbocycles. The van der Waals surface area contributed by atoms with Gasteiger partial charge in [0.2, 0.25) is 5.89 Å². The molecule has 0 radical (unpaired) electrons. The van der Waals surface area contributed by atoms with Crippen molar-refractivity contribution in [2.75, 3.05) is 0 Å². The molecule has 2 aromatic rings. The number of hydrogen-bond acceptors (Lipinski definition) is 4. The molecule has 0 spiro atoms. The number of hydrogen-bond donors (Lipinski definition) is 1. The zero-order chi connectivity index (χ0) is 14.0. The molecule has 0 aliphatic heterocycles. The molecular formula is C16H21N3O. The van der Waals surface area contributed by atoms with Crippen molar-refractivity contribution in [1.82, 2.24) is 10.1 Å². The van der Waals surface area contributed by atoms with Crippen molar-refractivity contribution in [3.63, 3.8) is 0 Å². The molecule has 0 unspecified atom stereocenters. The van der Waals surface area contributed by atoms with Crippen molar-refractivity contribution in [3.05, 3.63) is 47.6 Å². The topological polar surface area (TPSA) is 64.9 Å². The van der Waals surface area contributed by atoms with Crippen LogP contribution < -0.4 is 5.73 Å². The third-order valence-corrected chi connectivity index (χ3v) is 4.29. The van der Waals surface area contributed by atoms with Gasteiger partial charge in [0.15, 0.2) is 5.82 Å². The van der Waals surface area contributed by atoms with Crippen molar-refractivity contribution in [3.8, 4) is 0 Å². The molecule has 1 aliphatic carbocycles. The second-order valence-electron chi connectivity index (χ2n) is 5.75. The summed E-state index contributed by atoms with van der Waals surface area (Å²) in [6.45, 7) is 1.87. The van der Waals surface area contributed by atoms with Crippen LogP contribution in [-0.2, 0) is 5.41 Å². The lowest BCUT2D eigenvalue weighted by Crippen LogP contribution is -2.31. The molecule has 0 bridgehead atoms. The van der Waals surface area contributed by atoms with Crippen molar-refractivity contribution in [2.45, 2.75) is 50.5 Å². The second kappa shape index (κ2) is 5.37. The summed E-state index contributed by atoms with van der Waals surface area (Å²) in [6, 6.07) is 10.3. The highest BCUT2D eigenvalue weighted by Crippen LogP contribution is 2.43. The fourth-order valence-corrected chi connectivity index (χ4v) is 3.17. The van der Waals surface area contributed by atoms with Gasteiger partial charge in [-0.05, 0) is 25.3 Å². The molecule has 0 amide bonds. The van der Waals surface area contributed by atoms with E-state index in [4.69, 9.17) is 10.3 Å². The lowest BCUT2D eigenvalue weighted by Gasteiger charge is -2.35. The Labute approximate surface area is 119 Å². The van der Waals surface area contributed by atoms with E-state index in [0.717, 1.165) is 18.7 Å². The molecule has 4 nitrogen and oxygen atoms in total. The standard InChI is InChI=1S/C16H21N3O/c1-12(17)14-18-15(19-20-14)16(10-6-3-7-11-16)13-8-4-2-5-9-13/h2,4-5,8-9,12H,3,6-7,10-11,17H2,1H3/t12-/m1/s1. The van der Waals surface area contributed by atoms with Crippen LogP contribution in [0.1, 0.15) is 62.3 Å². The second-order valence-corrected chi connectivity index (χ2v) is 5.75. The van der Waals surface area contributed by atoms with E-state index in [2.05, 4.69) is 34.4 Å². The molecule has 106 valence electrons. The van der Waals surface area contributed by atoms with Gasteiger partial charge in [-0.2, -0.15) is 4.98 Å². The van der Waals surface area contributed by atoms with Gasteiger partial charge in [-0.25, -0.2) is 0 Å². The molecule has 1 aliphatic rings. The first kappa shape index (κ1) is 13.3. The first-order chi connectivity index (χ1) is 9.72. The van der Waals surface area contributed by atoms with E-state index in [1.54, 1.807) is 0 Å². The first-order valence-electron chi connectivity index (χ1n) is 7.37. The number of aromatic nitrogens is 2. The Morgan fingerprint density at radius 2 is 1.85 bits per heavy atom. The predicted molar refractivity (Wildman–Crippen MR) is 77.2 cm³/mol. The molecule has 0 saturated heterocycles. The third-order valence-electron chi connectivity index (χ3n) is 4.29.